The zero-order valence-corrected chi connectivity index (χ0v) is 31.1. The van der Waals surface area contributed by atoms with Gasteiger partial charge in [0.1, 0.15) is 18.6 Å². The number of alkyl halides is 2. The Kier molecular flexibility index (Phi) is 16.2. The fourth-order valence-electron chi connectivity index (χ4n) is 4.96. The van der Waals surface area contributed by atoms with Crippen LogP contribution in [0, 0.1) is 0 Å². The number of esters is 4. The van der Waals surface area contributed by atoms with Crippen molar-refractivity contribution in [2.45, 2.75) is 41.3 Å². The van der Waals surface area contributed by atoms with E-state index in [1.807, 2.05) is 0 Å². The summed E-state index contributed by atoms with van der Waals surface area (Å²) in [5, 5.41) is 9.07. The van der Waals surface area contributed by atoms with Crippen molar-refractivity contribution >= 4 is 52.0 Å². The number of benzene rings is 4. The zero-order chi connectivity index (χ0) is 40.7. The van der Waals surface area contributed by atoms with E-state index in [0.717, 1.165) is 11.8 Å². The van der Waals surface area contributed by atoms with E-state index in [1.54, 1.807) is 84.9 Å². The fourth-order valence-corrected chi connectivity index (χ4v) is 6.75. The van der Waals surface area contributed by atoms with Crippen molar-refractivity contribution in [2.75, 3.05) is 19.5 Å². The number of aldehydes is 1. The molecule has 5 rings (SSSR count). The Hall–Kier alpha value is -5.49. The molecule has 4 aromatic rings. The molecule has 1 aliphatic heterocycles. The van der Waals surface area contributed by atoms with Crippen LogP contribution in [0.1, 0.15) is 41.4 Å². The fraction of sp³-hybridized carbons (Fsp3) is 0.256. The summed E-state index contributed by atoms with van der Waals surface area (Å²) in [6.07, 6.45) is -8.64. The summed E-state index contributed by atoms with van der Waals surface area (Å²) in [6, 6.07) is 31.8. The number of carbonyl (C=O) groups excluding carboxylic acids is 5. The lowest BCUT2D eigenvalue weighted by Gasteiger charge is -2.26. The highest BCUT2D eigenvalue weighted by Gasteiger charge is 2.47. The van der Waals surface area contributed by atoms with E-state index in [1.165, 1.54) is 36.4 Å². The maximum Gasteiger partial charge on any atom is 0.338 e. The van der Waals surface area contributed by atoms with Gasteiger partial charge in [-0.1, -0.05) is 72.8 Å². The number of aliphatic hydroxyl groups is 1. The Bertz CT molecular complexity index is 2010. The number of rotatable bonds is 15. The Morgan fingerprint density at radius 3 is 1.61 bits per heavy atom. The largest absolute Gasteiger partial charge is 0.461 e. The lowest BCUT2D eigenvalue weighted by atomic mass is 10.1. The van der Waals surface area contributed by atoms with Gasteiger partial charge in [0.2, 0.25) is 0 Å². The molecule has 17 heteroatoms. The molecule has 7 atom stereocenters. The van der Waals surface area contributed by atoms with E-state index in [9.17, 15) is 46.3 Å². The van der Waals surface area contributed by atoms with Gasteiger partial charge in [0.15, 0.2) is 36.9 Å². The number of ether oxygens (including phenoxy) is 4. The van der Waals surface area contributed by atoms with Gasteiger partial charge in [-0.05, 0) is 48.5 Å². The van der Waals surface area contributed by atoms with Gasteiger partial charge in [0.25, 0.3) is 10.1 Å². The molecule has 1 unspecified atom stereocenters. The molecule has 0 aliphatic carbocycles. The van der Waals surface area contributed by atoms with E-state index >= 15 is 0 Å². The van der Waals surface area contributed by atoms with Crippen molar-refractivity contribution in [3.05, 3.63) is 144 Å². The molecule has 56 heavy (non-hydrogen) atoms. The minimum atomic E-state index is -4.19. The number of aliphatic hydroxyl groups excluding tert-OH is 1. The van der Waals surface area contributed by atoms with Crippen LogP contribution in [-0.4, -0.2) is 104 Å². The van der Waals surface area contributed by atoms with Crippen molar-refractivity contribution in [3.63, 3.8) is 0 Å². The highest BCUT2D eigenvalue weighted by Crippen LogP contribution is 2.37. The van der Waals surface area contributed by atoms with Crippen LogP contribution in [0.25, 0.3) is 0 Å². The van der Waals surface area contributed by atoms with Crippen LogP contribution in [0.5, 0.6) is 0 Å². The van der Waals surface area contributed by atoms with Gasteiger partial charge >= 0.3 is 23.9 Å². The number of carbonyl (C=O) groups is 5. The van der Waals surface area contributed by atoms with Gasteiger partial charge in [-0.25, -0.2) is 28.0 Å². The standard InChI is InChI=1S/C20H19FO8S.C19H17FO5S/c1-30(25,26)29-17(13-27-19(23)14-8-4-2-5-9-14)18(16(21)12-22)28-20(24)15-10-6-3-7-11-15;20-15-16(25-18(22)13-9-5-2-6-10-13)14(26-19(15)23)11-24-17(21)12-7-3-1-4-8-12/h2-12,16-18H,13H2,1H3;1-10,14-16,19,23H,11H2/t16-,17-,18+;14-,15-,16+,19?/m10/s1. The quantitative estimate of drug-likeness (QED) is 0.0747. The molecule has 4 aromatic carbocycles. The first-order valence-electron chi connectivity index (χ1n) is 16.7. The molecule has 0 aromatic heterocycles. The molecule has 296 valence electrons. The number of halogens is 2. The highest BCUT2D eigenvalue weighted by molar-refractivity contribution is 8.00. The summed E-state index contributed by atoms with van der Waals surface area (Å²) in [5.41, 5.74) is -0.499. The predicted octanol–water partition coefficient (Wildman–Crippen LogP) is 4.79. The van der Waals surface area contributed by atoms with Gasteiger partial charge in [0, 0.05) is 0 Å². The molecule has 1 heterocycles. The summed E-state index contributed by atoms with van der Waals surface area (Å²) in [7, 11) is -4.19. The van der Waals surface area contributed by atoms with Gasteiger partial charge in [-0.2, -0.15) is 8.42 Å². The minimum Gasteiger partial charge on any atom is -0.461 e. The third kappa shape index (κ3) is 13.1. The second-order valence-electron chi connectivity index (χ2n) is 11.8. The molecule has 0 amide bonds. The molecule has 13 nitrogen and oxygen atoms in total. The molecule has 1 saturated heterocycles. The predicted molar refractivity (Wildman–Crippen MR) is 198 cm³/mol. The summed E-state index contributed by atoms with van der Waals surface area (Å²) in [5.74, 6) is -3.10. The van der Waals surface area contributed by atoms with E-state index in [-0.39, 0.29) is 29.6 Å². The second-order valence-corrected chi connectivity index (χ2v) is 14.8. The summed E-state index contributed by atoms with van der Waals surface area (Å²) in [6.45, 7) is -0.968. The number of thioether (sulfide) groups is 1. The van der Waals surface area contributed by atoms with Crippen LogP contribution >= 0.6 is 11.8 Å². The Labute approximate surface area is 325 Å². The molecule has 0 radical (unpaired) electrons. The molecule has 1 N–H and O–H groups in total. The van der Waals surface area contributed by atoms with Crippen LogP contribution < -0.4 is 0 Å². The van der Waals surface area contributed by atoms with Gasteiger partial charge in [-0.15, -0.1) is 11.8 Å². The van der Waals surface area contributed by atoms with Gasteiger partial charge in [0.05, 0.1) is 33.8 Å². The first-order valence-corrected chi connectivity index (χ1v) is 19.4. The lowest BCUT2D eigenvalue weighted by Crippen LogP contribution is -2.45. The maximum absolute atomic E-state index is 14.3. The average Bonchev–Trinajstić information content (AvgIpc) is 3.48. The average molecular weight is 815 g/mol. The molecular formula is C39H36F2O13S2. The summed E-state index contributed by atoms with van der Waals surface area (Å²) >= 11 is 0.882. The van der Waals surface area contributed by atoms with Gasteiger partial charge < -0.3 is 24.1 Å². The van der Waals surface area contributed by atoms with Crippen molar-refractivity contribution in [3.8, 4) is 0 Å². The Balaban J connectivity index is 0.000000251. The molecule has 0 saturated carbocycles. The molecule has 1 aliphatic rings. The molecular weight excluding hydrogens is 779 g/mol. The Morgan fingerprint density at radius 1 is 0.732 bits per heavy atom. The van der Waals surface area contributed by atoms with Crippen LogP contribution in [0.2, 0.25) is 0 Å². The normalized spacial score (nSPS) is 19.1. The maximum atomic E-state index is 14.3. The van der Waals surface area contributed by atoms with E-state index in [4.69, 9.17) is 23.1 Å². The van der Waals surface area contributed by atoms with E-state index < -0.39 is 81.9 Å². The van der Waals surface area contributed by atoms with Crippen LogP contribution in [0.15, 0.2) is 121 Å². The van der Waals surface area contributed by atoms with Gasteiger partial charge in [-0.3, -0.25) is 8.98 Å². The van der Waals surface area contributed by atoms with Crippen LogP contribution in [-0.2, 0) is 38.0 Å². The number of hydrogen-bond acceptors (Lipinski definition) is 14. The third-order valence-corrected chi connectivity index (χ3v) is 9.55. The molecule has 1 fully saturated rings. The van der Waals surface area contributed by atoms with E-state index in [0.29, 0.717) is 11.8 Å². The minimum absolute atomic E-state index is 0.0417. The molecule has 0 spiro atoms. The molecule has 0 bridgehead atoms. The van der Waals surface area contributed by atoms with E-state index in [2.05, 4.69) is 0 Å². The van der Waals surface area contributed by atoms with Crippen molar-refractivity contribution in [1.82, 2.24) is 0 Å². The topological polar surface area (TPSA) is 186 Å². The third-order valence-electron chi connectivity index (χ3n) is 7.66. The lowest BCUT2D eigenvalue weighted by molar-refractivity contribution is -0.120. The highest BCUT2D eigenvalue weighted by atomic mass is 32.2. The van der Waals surface area contributed by atoms with Crippen molar-refractivity contribution in [2.24, 2.45) is 0 Å². The van der Waals surface area contributed by atoms with Crippen LogP contribution in [0.4, 0.5) is 8.78 Å². The van der Waals surface area contributed by atoms with Crippen molar-refractivity contribution < 1.29 is 69.4 Å². The SMILES string of the molecule is CS(=O)(=O)O[C@H](COC(=O)c1ccccc1)[C@@H](OC(=O)c1ccccc1)[C@H](F)C=O.O=C(OC[C@@H]1SC(O)[C@@H](F)[C@@H]1OC(=O)c1ccccc1)c1ccccc1. The monoisotopic (exact) mass is 814 g/mol. The summed E-state index contributed by atoms with van der Waals surface area (Å²) in [4.78, 5) is 59.6. The first-order chi connectivity index (χ1) is 26.8. The second kappa shape index (κ2) is 21.0. The summed E-state index contributed by atoms with van der Waals surface area (Å²) < 4.78 is 77.0. The van der Waals surface area contributed by atoms with Crippen molar-refractivity contribution in [1.29, 1.82) is 0 Å². The Morgan fingerprint density at radius 2 is 1.16 bits per heavy atom. The first kappa shape index (κ1) is 43.2. The smallest absolute Gasteiger partial charge is 0.338 e. The van der Waals surface area contributed by atoms with Crippen LogP contribution in [0.3, 0.4) is 0 Å². The number of hydrogen-bond donors (Lipinski definition) is 1. The zero-order valence-electron chi connectivity index (χ0n) is 29.5.